The Morgan fingerprint density at radius 1 is 1.19 bits per heavy atom. The van der Waals surface area contributed by atoms with Crippen molar-refractivity contribution in [3.05, 3.63) is 23.5 Å². The van der Waals surface area contributed by atoms with E-state index in [-0.39, 0.29) is 16.9 Å². The van der Waals surface area contributed by atoms with Crippen LogP contribution in [-0.4, -0.2) is 53.6 Å². The molecule has 1 aromatic heterocycles. The van der Waals surface area contributed by atoms with Gasteiger partial charge in [-0.3, -0.25) is 4.79 Å². The van der Waals surface area contributed by atoms with Crippen LogP contribution in [0.3, 0.4) is 0 Å². The number of nitrogens with zero attached hydrogens (tertiary/aromatic N) is 3. The first-order valence-electron chi connectivity index (χ1n) is 10.1. The van der Waals surface area contributed by atoms with Crippen molar-refractivity contribution in [1.29, 1.82) is 0 Å². The van der Waals surface area contributed by atoms with Crippen molar-refractivity contribution in [1.82, 2.24) is 15.2 Å². The molecule has 0 spiro atoms. The Bertz CT molecular complexity index is 706. The highest BCUT2D eigenvalue weighted by Gasteiger charge is 2.41. The SMILES string of the molecule is CC1(C)CN(C2CCCC2)c2ccc(C(=O)N3CCNCC3(C)C)nc21. The van der Waals surface area contributed by atoms with Crippen LogP contribution in [0.5, 0.6) is 0 Å². The van der Waals surface area contributed by atoms with E-state index in [1.807, 2.05) is 11.0 Å². The van der Waals surface area contributed by atoms with E-state index in [4.69, 9.17) is 4.98 Å². The molecule has 1 saturated carbocycles. The summed E-state index contributed by atoms with van der Waals surface area (Å²) in [5.74, 6) is 0.0643. The maximum Gasteiger partial charge on any atom is 0.272 e. The number of carbonyl (C=O) groups is 1. The number of pyridine rings is 1. The van der Waals surface area contributed by atoms with Crippen molar-refractivity contribution in [3.63, 3.8) is 0 Å². The highest BCUT2D eigenvalue weighted by atomic mass is 16.2. The molecule has 0 bridgehead atoms. The maximum absolute atomic E-state index is 13.2. The fraction of sp³-hybridized carbons (Fsp3) is 0.714. The fourth-order valence-corrected chi connectivity index (χ4v) is 4.93. The molecule has 2 fully saturated rings. The van der Waals surface area contributed by atoms with Gasteiger partial charge < -0.3 is 15.1 Å². The minimum atomic E-state index is -0.179. The van der Waals surface area contributed by atoms with E-state index in [0.717, 1.165) is 31.9 Å². The van der Waals surface area contributed by atoms with Crippen LogP contribution in [0, 0.1) is 0 Å². The number of rotatable bonds is 2. The van der Waals surface area contributed by atoms with Gasteiger partial charge in [-0.2, -0.15) is 0 Å². The van der Waals surface area contributed by atoms with E-state index >= 15 is 0 Å². The Morgan fingerprint density at radius 2 is 1.92 bits per heavy atom. The summed E-state index contributed by atoms with van der Waals surface area (Å²) in [4.78, 5) is 22.6. The molecule has 1 amide bonds. The predicted octanol–water partition coefficient (Wildman–Crippen LogP) is 2.95. The van der Waals surface area contributed by atoms with Gasteiger partial charge in [0.15, 0.2) is 0 Å². The van der Waals surface area contributed by atoms with Crippen molar-refractivity contribution >= 4 is 11.6 Å². The molecule has 0 atom stereocenters. The molecule has 0 radical (unpaired) electrons. The number of hydrogen-bond acceptors (Lipinski definition) is 4. The van der Waals surface area contributed by atoms with Gasteiger partial charge in [0.25, 0.3) is 5.91 Å². The summed E-state index contributed by atoms with van der Waals surface area (Å²) in [6.07, 6.45) is 5.23. The molecule has 142 valence electrons. The Morgan fingerprint density at radius 3 is 2.62 bits per heavy atom. The molecule has 3 aliphatic rings. The lowest BCUT2D eigenvalue weighted by Crippen LogP contribution is -2.60. The molecule has 2 aliphatic heterocycles. The van der Waals surface area contributed by atoms with Crippen LogP contribution in [0.1, 0.15) is 69.6 Å². The van der Waals surface area contributed by atoms with Crippen LogP contribution >= 0.6 is 0 Å². The van der Waals surface area contributed by atoms with Gasteiger partial charge in [-0.25, -0.2) is 4.98 Å². The third-order valence-corrected chi connectivity index (χ3v) is 6.42. The summed E-state index contributed by atoms with van der Waals surface area (Å²) in [5, 5.41) is 3.38. The summed E-state index contributed by atoms with van der Waals surface area (Å²) in [6.45, 7) is 12.2. The molecule has 1 aliphatic carbocycles. The second-order valence-electron chi connectivity index (χ2n) is 9.46. The zero-order valence-corrected chi connectivity index (χ0v) is 16.6. The zero-order chi connectivity index (χ0) is 18.5. The lowest BCUT2D eigenvalue weighted by atomic mass is 9.91. The maximum atomic E-state index is 13.2. The van der Waals surface area contributed by atoms with Crippen LogP contribution in [-0.2, 0) is 5.41 Å². The molecule has 0 unspecified atom stereocenters. The number of aromatic nitrogens is 1. The molecule has 4 rings (SSSR count). The lowest BCUT2D eigenvalue weighted by molar-refractivity contribution is 0.0471. The standard InChI is InChI=1S/C21H32N4O/c1-20(2)14-24(15-7-5-6-8-15)17-10-9-16(23-18(17)20)19(26)25-12-11-22-13-21(25,3)4/h9-10,15,22H,5-8,11-14H2,1-4H3. The molecular formula is C21H32N4O. The van der Waals surface area contributed by atoms with E-state index in [9.17, 15) is 4.79 Å². The van der Waals surface area contributed by atoms with Crippen LogP contribution in [0.4, 0.5) is 5.69 Å². The predicted molar refractivity (Wildman–Crippen MR) is 105 cm³/mol. The Balaban J connectivity index is 1.65. The third kappa shape index (κ3) is 2.90. The average Bonchev–Trinajstić information content (AvgIpc) is 3.20. The van der Waals surface area contributed by atoms with E-state index in [0.29, 0.717) is 11.7 Å². The summed E-state index contributed by atoms with van der Waals surface area (Å²) in [5.41, 5.74) is 2.76. The van der Waals surface area contributed by atoms with Crippen molar-refractivity contribution in [3.8, 4) is 0 Å². The fourth-order valence-electron chi connectivity index (χ4n) is 4.93. The number of amides is 1. The second-order valence-corrected chi connectivity index (χ2v) is 9.46. The van der Waals surface area contributed by atoms with E-state index < -0.39 is 0 Å². The van der Waals surface area contributed by atoms with E-state index in [2.05, 4.69) is 44.0 Å². The molecule has 1 N–H and O–H groups in total. The van der Waals surface area contributed by atoms with Crippen LogP contribution in [0.2, 0.25) is 0 Å². The number of nitrogens with one attached hydrogen (secondary N) is 1. The van der Waals surface area contributed by atoms with Gasteiger partial charge in [0.05, 0.1) is 16.9 Å². The van der Waals surface area contributed by atoms with Gasteiger partial charge in [0.2, 0.25) is 0 Å². The zero-order valence-electron chi connectivity index (χ0n) is 16.6. The minimum Gasteiger partial charge on any atom is -0.366 e. The summed E-state index contributed by atoms with van der Waals surface area (Å²) in [6, 6.07) is 4.74. The smallest absolute Gasteiger partial charge is 0.272 e. The van der Waals surface area contributed by atoms with Crippen molar-refractivity contribution in [2.45, 2.75) is 70.4 Å². The van der Waals surface area contributed by atoms with Gasteiger partial charge in [-0.15, -0.1) is 0 Å². The molecule has 1 aromatic rings. The first-order chi connectivity index (χ1) is 12.3. The Hall–Kier alpha value is -1.62. The van der Waals surface area contributed by atoms with Crippen LogP contribution in [0.15, 0.2) is 12.1 Å². The molecule has 1 saturated heterocycles. The number of fused-ring (bicyclic) bond motifs is 1. The number of carbonyl (C=O) groups excluding carboxylic acids is 1. The first kappa shape index (κ1) is 17.8. The normalized spacial score (nSPS) is 24.8. The van der Waals surface area contributed by atoms with Crippen molar-refractivity contribution in [2.75, 3.05) is 31.1 Å². The van der Waals surface area contributed by atoms with Gasteiger partial charge in [0.1, 0.15) is 5.69 Å². The quantitative estimate of drug-likeness (QED) is 0.885. The summed E-state index contributed by atoms with van der Waals surface area (Å²) < 4.78 is 0. The van der Waals surface area contributed by atoms with Gasteiger partial charge in [-0.1, -0.05) is 26.7 Å². The number of anilines is 1. The number of piperazine rings is 1. The average molecular weight is 357 g/mol. The van der Waals surface area contributed by atoms with E-state index in [1.165, 1.54) is 31.4 Å². The van der Waals surface area contributed by atoms with Gasteiger partial charge in [-0.05, 0) is 38.8 Å². The molecule has 3 heterocycles. The molecular weight excluding hydrogens is 324 g/mol. The van der Waals surface area contributed by atoms with Gasteiger partial charge >= 0.3 is 0 Å². The molecule has 5 heteroatoms. The second kappa shape index (κ2) is 6.22. The largest absolute Gasteiger partial charge is 0.366 e. The lowest BCUT2D eigenvalue weighted by Gasteiger charge is -2.42. The van der Waals surface area contributed by atoms with Crippen molar-refractivity contribution in [2.24, 2.45) is 0 Å². The Labute approximate surface area is 157 Å². The summed E-state index contributed by atoms with van der Waals surface area (Å²) >= 11 is 0. The highest BCUT2D eigenvalue weighted by molar-refractivity contribution is 5.93. The minimum absolute atomic E-state index is 0.00676. The molecule has 26 heavy (non-hydrogen) atoms. The van der Waals surface area contributed by atoms with Crippen molar-refractivity contribution < 1.29 is 4.79 Å². The third-order valence-electron chi connectivity index (χ3n) is 6.42. The van der Waals surface area contributed by atoms with Crippen LogP contribution in [0.25, 0.3) is 0 Å². The van der Waals surface area contributed by atoms with Crippen LogP contribution < -0.4 is 10.2 Å². The highest BCUT2D eigenvalue weighted by Crippen LogP contribution is 2.43. The van der Waals surface area contributed by atoms with E-state index in [1.54, 1.807) is 0 Å². The Kier molecular flexibility index (Phi) is 4.25. The first-order valence-corrected chi connectivity index (χ1v) is 10.1. The summed E-state index contributed by atoms with van der Waals surface area (Å²) in [7, 11) is 0. The van der Waals surface area contributed by atoms with Gasteiger partial charge in [0, 0.05) is 37.6 Å². The molecule has 5 nitrogen and oxygen atoms in total. The topological polar surface area (TPSA) is 48.5 Å². The number of hydrogen-bond donors (Lipinski definition) is 1. The molecule has 0 aromatic carbocycles. The monoisotopic (exact) mass is 356 g/mol.